The van der Waals surface area contributed by atoms with Crippen molar-refractivity contribution < 1.29 is 33.4 Å². The van der Waals surface area contributed by atoms with Crippen molar-refractivity contribution in [3.05, 3.63) is 61.8 Å². The topological polar surface area (TPSA) is 148 Å². The number of methoxy groups -OCH3 is 2. The van der Waals surface area contributed by atoms with Crippen molar-refractivity contribution in [2.75, 3.05) is 14.2 Å². The Labute approximate surface area is 259 Å². The molecule has 0 aliphatic heterocycles. The lowest BCUT2D eigenvalue weighted by molar-refractivity contribution is -0.142. The second-order valence-corrected chi connectivity index (χ2v) is 12.1. The van der Waals surface area contributed by atoms with Crippen LogP contribution in [0.1, 0.15) is 31.9 Å². The number of ether oxygens (including phenoxy) is 3. The van der Waals surface area contributed by atoms with Gasteiger partial charge in [-0.1, -0.05) is 18.2 Å². The van der Waals surface area contributed by atoms with Crippen LogP contribution in [0.25, 0.3) is 10.9 Å². The number of carbonyl (C=O) groups is 4. The molecule has 1 heterocycles. The van der Waals surface area contributed by atoms with Crippen molar-refractivity contribution in [3.63, 3.8) is 0 Å². The number of hydrogen-bond donors (Lipinski definition) is 4. The lowest BCUT2D eigenvalue weighted by Crippen LogP contribution is -2.55. The van der Waals surface area contributed by atoms with Gasteiger partial charge in [0.15, 0.2) is 0 Å². The number of fused-ring (bicyclic) bond motifs is 1. The molecular formula is C28H32BrIN4O7. The Morgan fingerprint density at radius 2 is 1.76 bits per heavy atom. The van der Waals surface area contributed by atoms with Crippen LogP contribution in [-0.2, 0) is 31.9 Å². The molecule has 4 N–H and O–H groups in total. The van der Waals surface area contributed by atoms with Gasteiger partial charge in [0.25, 0.3) is 5.91 Å². The largest absolute Gasteiger partial charge is 0.496 e. The highest BCUT2D eigenvalue weighted by atomic mass is 127. The number of aromatic nitrogens is 1. The summed E-state index contributed by atoms with van der Waals surface area (Å²) < 4.78 is 17.1. The number of hydrogen-bond acceptors (Lipinski definition) is 7. The maximum Gasteiger partial charge on any atom is 0.408 e. The van der Waals surface area contributed by atoms with Gasteiger partial charge in [-0.25, -0.2) is 14.4 Å². The number of rotatable bonds is 9. The Morgan fingerprint density at radius 3 is 2.39 bits per heavy atom. The molecule has 2 atom stereocenters. The Hall–Kier alpha value is -3.33. The van der Waals surface area contributed by atoms with E-state index in [2.05, 4.69) is 59.5 Å². The van der Waals surface area contributed by atoms with Gasteiger partial charge in [0.2, 0.25) is 0 Å². The summed E-state index contributed by atoms with van der Waals surface area (Å²) in [6.07, 6.45) is 1.09. The number of amides is 4. The van der Waals surface area contributed by atoms with Crippen LogP contribution in [0.3, 0.4) is 0 Å². The fourth-order valence-corrected chi connectivity index (χ4v) is 5.31. The third-order valence-corrected chi connectivity index (χ3v) is 7.37. The Morgan fingerprint density at radius 1 is 1.02 bits per heavy atom. The van der Waals surface area contributed by atoms with Gasteiger partial charge in [-0.05, 0) is 88.6 Å². The molecule has 220 valence electrons. The van der Waals surface area contributed by atoms with E-state index in [-0.39, 0.29) is 12.8 Å². The molecule has 0 saturated heterocycles. The maximum atomic E-state index is 13.2. The number of benzene rings is 2. The van der Waals surface area contributed by atoms with Gasteiger partial charge in [-0.2, -0.15) is 0 Å². The Kier molecular flexibility index (Phi) is 11.0. The highest BCUT2D eigenvalue weighted by molar-refractivity contribution is 14.1. The fraction of sp³-hybridized carbons (Fsp3) is 0.357. The van der Waals surface area contributed by atoms with E-state index in [1.54, 1.807) is 46.2 Å². The number of aromatic amines is 1. The SMILES string of the molecule is COC(=O)[C@H](Cc1c[nH]c2c(Br)cccc12)NC(=O)NC(=O)[C@H](Cc1ccc(OC)c(I)c1)NC(=O)OC(C)(C)C. The van der Waals surface area contributed by atoms with Crippen LogP contribution in [0.15, 0.2) is 47.1 Å². The molecule has 0 unspecified atom stereocenters. The molecule has 4 amide bonds. The first-order chi connectivity index (χ1) is 19.3. The summed E-state index contributed by atoms with van der Waals surface area (Å²) in [6.45, 7) is 5.08. The van der Waals surface area contributed by atoms with Crippen LogP contribution in [0.2, 0.25) is 0 Å². The summed E-state index contributed by atoms with van der Waals surface area (Å²) >= 11 is 5.58. The minimum Gasteiger partial charge on any atom is -0.496 e. The van der Waals surface area contributed by atoms with E-state index in [0.29, 0.717) is 11.3 Å². The first-order valence-electron chi connectivity index (χ1n) is 12.6. The third-order valence-electron chi connectivity index (χ3n) is 5.87. The van der Waals surface area contributed by atoms with Crippen LogP contribution in [-0.4, -0.2) is 60.9 Å². The normalized spacial score (nSPS) is 12.7. The number of H-pyrrole nitrogens is 1. The second kappa shape index (κ2) is 14.0. The lowest BCUT2D eigenvalue weighted by Gasteiger charge is -2.24. The molecule has 0 radical (unpaired) electrons. The molecule has 11 nitrogen and oxygen atoms in total. The van der Waals surface area contributed by atoms with Gasteiger partial charge < -0.3 is 29.8 Å². The van der Waals surface area contributed by atoms with Crippen LogP contribution in [0, 0.1) is 3.57 Å². The van der Waals surface area contributed by atoms with Crippen molar-refractivity contribution in [2.24, 2.45) is 0 Å². The first-order valence-corrected chi connectivity index (χ1v) is 14.4. The van der Waals surface area contributed by atoms with Crippen molar-refractivity contribution in [1.82, 2.24) is 20.9 Å². The van der Waals surface area contributed by atoms with E-state index in [1.807, 2.05) is 24.3 Å². The molecule has 0 aliphatic rings. The summed E-state index contributed by atoms with van der Waals surface area (Å²) in [5.41, 5.74) is 1.52. The van der Waals surface area contributed by atoms with E-state index in [1.165, 1.54) is 7.11 Å². The maximum absolute atomic E-state index is 13.2. The molecule has 3 rings (SSSR count). The van der Waals surface area contributed by atoms with Crippen LogP contribution >= 0.6 is 38.5 Å². The molecule has 1 aromatic heterocycles. The Bertz CT molecular complexity index is 1440. The first kappa shape index (κ1) is 32.2. The molecular weight excluding hydrogens is 711 g/mol. The predicted octanol–water partition coefficient (Wildman–Crippen LogP) is 4.59. The monoisotopic (exact) mass is 742 g/mol. The quantitative estimate of drug-likeness (QED) is 0.185. The molecule has 2 aromatic carbocycles. The number of urea groups is 1. The zero-order valence-corrected chi connectivity index (χ0v) is 27.0. The fourth-order valence-electron chi connectivity index (χ4n) is 4.02. The minimum atomic E-state index is -1.16. The van der Waals surface area contributed by atoms with Crippen molar-refractivity contribution >= 4 is 73.4 Å². The van der Waals surface area contributed by atoms with E-state index in [0.717, 1.165) is 24.5 Å². The number of alkyl carbamates (subject to hydrolysis) is 1. The summed E-state index contributed by atoms with van der Waals surface area (Å²) in [4.78, 5) is 54.4. The highest BCUT2D eigenvalue weighted by Crippen LogP contribution is 2.26. The number of nitrogens with one attached hydrogen (secondary N) is 4. The van der Waals surface area contributed by atoms with Crippen molar-refractivity contribution in [3.8, 4) is 5.75 Å². The Balaban J connectivity index is 1.76. The minimum absolute atomic E-state index is 0.0585. The molecule has 0 bridgehead atoms. The summed E-state index contributed by atoms with van der Waals surface area (Å²) in [7, 11) is 2.76. The van der Waals surface area contributed by atoms with E-state index in [4.69, 9.17) is 14.2 Å². The smallest absolute Gasteiger partial charge is 0.408 e. The average Bonchev–Trinajstić information content (AvgIpc) is 3.30. The van der Waals surface area contributed by atoms with E-state index < -0.39 is 41.7 Å². The number of esters is 1. The predicted molar refractivity (Wildman–Crippen MR) is 165 cm³/mol. The molecule has 3 aromatic rings. The molecule has 0 aliphatic carbocycles. The van der Waals surface area contributed by atoms with Crippen LogP contribution in [0.4, 0.5) is 9.59 Å². The van der Waals surface area contributed by atoms with Gasteiger partial charge >= 0.3 is 18.1 Å². The van der Waals surface area contributed by atoms with Crippen molar-refractivity contribution in [2.45, 2.75) is 51.3 Å². The standard InChI is InChI=1S/C28H32BrIN4O7/c1-28(2,3)41-27(38)33-20(12-15-9-10-22(39-4)19(30)11-15)24(35)34-26(37)32-21(25(36)40-5)13-16-14-31-23-17(16)7-6-8-18(23)29/h6-11,14,20-21,31H,12-13H2,1-5H3,(H,33,38)(H2,32,34,35,37)/t20-,21-/m0/s1. The molecule has 0 fully saturated rings. The summed E-state index contributed by atoms with van der Waals surface area (Å²) in [6, 6.07) is 7.76. The van der Waals surface area contributed by atoms with Crippen LogP contribution < -0.4 is 20.7 Å². The van der Waals surface area contributed by atoms with Crippen LogP contribution in [0.5, 0.6) is 5.75 Å². The molecule has 41 heavy (non-hydrogen) atoms. The second-order valence-electron chi connectivity index (χ2n) is 10.1. The van der Waals surface area contributed by atoms with E-state index in [9.17, 15) is 19.2 Å². The molecule has 0 spiro atoms. The van der Waals surface area contributed by atoms with Crippen molar-refractivity contribution in [1.29, 1.82) is 0 Å². The molecule has 13 heteroatoms. The lowest BCUT2D eigenvalue weighted by atomic mass is 10.0. The summed E-state index contributed by atoms with van der Waals surface area (Å²) in [5.74, 6) is -0.821. The zero-order chi connectivity index (χ0) is 30.3. The van der Waals surface area contributed by atoms with Gasteiger partial charge in [-0.3, -0.25) is 10.1 Å². The number of carbonyl (C=O) groups excluding carboxylic acids is 4. The average molecular weight is 743 g/mol. The van der Waals surface area contributed by atoms with E-state index >= 15 is 0 Å². The molecule has 0 saturated carbocycles. The number of halogens is 2. The van der Waals surface area contributed by atoms with Gasteiger partial charge in [0.1, 0.15) is 23.4 Å². The van der Waals surface area contributed by atoms with Gasteiger partial charge in [-0.15, -0.1) is 0 Å². The third kappa shape index (κ3) is 9.08. The number of para-hydroxylation sites is 1. The summed E-state index contributed by atoms with van der Waals surface area (Å²) in [5, 5.41) is 8.15. The zero-order valence-electron chi connectivity index (χ0n) is 23.2. The number of imide groups is 1. The highest BCUT2D eigenvalue weighted by Gasteiger charge is 2.29. The van der Waals surface area contributed by atoms with Gasteiger partial charge in [0, 0.05) is 28.9 Å². The van der Waals surface area contributed by atoms with Gasteiger partial charge in [0.05, 0.1) is 23.3 Å².